The van der Waals surface area contributed by atoms with Gasteiger partial charge in [-0.15, -0.1) is 0 Å². The van der Waals surface area contributed by atoms with Crippen LogP contribution < -0.4 is 10.6 Å². The van der Waals surface area contributed by atoms with E-state index in [1.165, 1.54) is 32.1 Å². The van der Waals surface area contributed by atoms with Crippen molar-refractivity contribution in [3.63, 3.8) is 0 Å². The highest BCUT2D eigenvalue weighted by Crippen LogP contribution is 2.27. The van der Waals surface area contributed by atoms with E-state index in [-0.39, 0.29) is 18.1 Å². The quantitative estimate of drug-likeness (QED) is 0.741. The number of carbonyl (C=O) groups is 2. The molecule has 5 heteroatoms. The fourth-order valence-electron chi connectivity index (χ4n) is 3.60. The number of urea groups is 1. The van der Waals surface area contributed by atoms with Crippen molar-refractivity contribution in [2.45, 2.75) is 70.4 Å². The minimum Gasteiger partial charge on any atom is -0.481 e. The molecule has 0 aromatic heterocycles. The molecule has 0 radical (unpaired) electrons. The minimum atomic E-state index is -0.798. The highest BCUT2D eigenvalue weighted by Gasteiger charge is 2.34. The first-order valence-corrected chi connectivity index (χ1v) is 7.87. The second kappa shape index (κ2) is 6.95. The van der Waals surface area contributed by atoms with Crippen molar-refractivity contribution in [2.24, 2.45) is 11.8 Å². The minimum absolute atomic E-state index is 0.167. The van der Waals surface area contributed by atoms with Crippen molar-refractivity contribution in [1.82, 2.24) is 10.6 Å². The molecule has 2 saturated carbocycles. The number of rotatable bonds is 4. The van der Waals surface area contributed by atoms with Crippen LogP contribution in [0.2, 0.25) is 0 Å². The van der Waals surface area contributed by atoms with Gasteiger partial charge in [0, 0.05) is 12.1 Å². The SMILES string of the molecule is CC(NC(=O)NC1CCCC1C(=O)O)C1CCCCC1. The van der Waals surface area contributed by atoms with E-state index in [0.717, 1.165) is 12.8 Å². The number of hydrogen-bond acceptors (Lipinski definition) is 2. The lowest BCUT2D eigenvalue weighted by atomic mass is 9.84. The molecule has 3 N–H and O–H groups in total. The van der Waals surface area contributed by atoms with E-state index in [9.17, 15) is 9.59 Å². The van der Waals surface area contributed by atoms with Crippen LogP contribution in [0.15, 0.2) is 0 Å². The van der Waals surface area contributed by atoms with Crippen molar-refractivity contribution < 1.29 is 14.7 Å². The van der Waals surface area contributed by atoms with Gasteiger partial charge in [-0.2, -0.15) is 0 Å². The third-order valence-electron chi connectivity index (χ3n) is 4.87. The Kier molecular flexibility index (Phi) is 5.26. The number of aliphatic carboxylic acids is 1. The van der Waals surface area contributed by atoms with Gasteiger partial charge in [0.15, 0.2) is 0 Å². The zero-order valence-electron chi connectivity index (χ0n) is 12.2. The topological polar surface area (TPSA) is 78.4 Å². The van der Waals surface area contributed by atoms with Crippen LogP contribution in [0, 0.1) is 11.8 Å². The van der Waals surface area contributed by atoms with Crippen LogP contribution in [0.4, 0.5) is 4.79 Å². The van der Waals surface area contributed by atoms with Crippen LogP contribution in [0.25, 0.3) is 0 Å². The van der Waals surface area contributed by atoms with Crippen molar-refractivity contribution in [3.05, 3.63) is 0 Å². The predicted molar refractivity (Wildman–Crippen MR) is 76.5 cm³/mol. The van der Waals surface area contributed by atoms with Crippen LogP contribution in [0.1, 0.15) is 58.3 Å². The van der Waals surface area contributed by atoms with Gasteiger partial charge < -0.3 is 15.7 Å². The summed E-state index contributed by atoms with van der Waals surface area (Å²) < 4.78 is 0. The van der Waals surface area contributed by atoms with Gasteiger partial charge in [0.1, 0.15) is 0 Å². The first-order valence-electron chi connectivity index (χ1n) is 7.87. The largest absolute Gasteiger partial charge is 0.481 e. The molecule has 0 spiro atoms. The summed E-state index contributed by atoms with van der Waals surface area (Å²) in [5, 5.41) is 15.0. The third-order valence-corrected chi connectivity index (χ3v) is 4.87. The van der Waals surface area contributed by atoms with Gasteiger partial charge in [0.2, 0.25) is 0 Å². The van der Waals surface area contributed by atoms with Gasteiger partial charge in [-0.1, -0.05) is 25.7 Å². The molecule has 0 aromatic rings. The van der Waals surface area contributed by atoms with Gasteiger partial charge in [-0.3, -0.25) is 4.79 Å². The zero-order valence-corrected chi connectivity index (χ0v) is 12.2. The molecule has 3 unspecified atom stereocenters. The molecule has 2 fully saturated rings. The summed E-state index contributed by atoms with van der Waals surface area (Å²) in [6.45, 7) is 2.05. The van der Waals surface area contributed by atoms with Crippen molar-refractivity contribution in [2.75, 3.05) is 0 Å². The number of amides is 2. The summed E-state index contributed by atoms with van der Waals surface area (Å²) >= 11 is 0. The first-order chi connectivity index (χ1) is 9.58. The lowest BCUT2D eigenvalue weighted by molar-refractivity contribution is -0.142. The Morgan fingerprint density at radius 1 is 1.05 bits per heavy atom. The molecule has 2 rings (SSSR count). The molecule has 0 aromatic carbocycles. The Morgan fingerprint density at radius 3 is 2.40 bits per heavy atom. The normalized spacial score (nSPS) is 28.9. The van der Waals surface area contributed by atoms with E-state index in [1.54, 1.807) is 0 Å². The first kappa shape index (κ1) is 15.1. The van der Waals surface area contributed by atoms with Gasteiger partial charge in [-0.25, -0.2) is 4.79 Å². The molecule has 0 bridgehead atoms. The third kappa shape index (κ3) is 3.87. The Hall–Kier alpha value is -1.26. The average molecular weight is 282 g/mol. The molecule has 0 saturated heterocycles. The van der Waals surface area contributed by atoms with E-state index in [2.05, 4.69) is 17.6 Å². The molecular weight excluding hydrogens is 256 g/mol. The molecule has 0 aliphatic heterocycles. The van der Waals surface area contributed by atoms with Gasteiger partial charge in [-0.05, 0) is 38.5 Å². The Balaban J connectivity index is 1.78. The van der Waals surface area contributed by atoms with Crippen LogP contribution in [0.3, 0.4) is 0 Å². The van der Waals surface area contributed by atoms with Crippen LogP contribution >= 0.6 is 0 Å². The average Bonchev–Trinajstić information content (AvgIpc) is 2.87. The number of hydrogen-bond donors (Lipinski definition) is 3. The maximum atomic E-state index is 12.0. The Labute approximate surface area is 120 Å². The van der Waals surface area contributed by atoms with E-state index >= 15 is 0 Å². The molecule has 0 heterocycles. The maximum Gasteiger partial charge on any atom is 0.315 e. The standard InChI is InChI=1S/C15H26N2O3/c1-10(11-6-3-2-4-7-11)16-15(20)17-13-9-5-8-12(13)14(18)19/h10-13H,2-9H2,1H3,(H,18,19)(H2,16,17,20). The number of carboxylic acids is 1. The van der Waals surface area contributed by atoms with Gasteiger partial charge in [0.25, 0.3) is 0 Å². The lowest BCUT2D eigenvalue weighted by Gasteiger charge is -2.29. The van der Waals surface area contributed by atoms with Gasteiger partial charge in [0.05, 0.1) is 5.92 Å². The van der Waals surface area contributed by atoms with E-state index in [0.29, 0.717) is 12.3 Å². The highest BCUT2D eigenvalue weighted by molar-refractivity contribution is 5.77. The van der Waals surface area contributed by atoms with Crippen molar-refractivity contribution >= 4 is 12.0 Å². The summed E-state index contributed by atoms with van der Waals surface area (Å²) in [7, 11) is 0. The van der Waals surface area contributed by atoms with Crippen LogP contribution in [-0.2, 0) is 4.79 Å². The smallest absolute Gasteiger partial charge is 0.315 e. The highest BCUT2D eigenvalue weighted by atomic mass is 16.4. The van der Waals surface area contributed by atoms with Crippen molar-refractivity contribution in [3.8, 4) is 0 Å². The molecule has 114 valence electrons. The molecule has 5 nitrogen and oxygen atoms in total. The summed E-state index contributed by atoms with van der Waals surface area (Å²) in [6.07, 6.45) is 8.48. The van der Waals surface area contributed by atoms with Crippen molar-refractivity contribution in [1.29, 1.82) is 0 Å². The fraction of sp³-hybridized carbons (Fsp3) is 0.867. The van der Waals surface area contributed by atoms with Crippen LogP contribution in [-0.4, -0.2) is 29.2 Å². The molecule has 2 amide bonds. The van der Waals surface area contributed by atoms with Gasteiger partial charge >= 0.3 is 12.0 Å². The fourth-order valence-corrected chi connectivity index (χ4v) is 3.60. The number of nitrogens with one attached hydrogen (secondary N) is 2. The van der Waals surface area contributed by atoms with E-state index < -0.39 is 11.9 Å². The second-order valence-corrected chi connectivity index (χ2v) is 6.29. The molecule has 20 heavy (non-hydrogen) atoms. The zero-order chi connectivity index (χ0) is 14.5. The summed E-state index contributed by atoms with van der Waals surface area (Å²) in [4.78, 5) is 23.1. The molecule has 2 aliphatic rings. The summed E-state index contributed by atoms with van der Waals surface area (Å²) in [5.41, 5.74) is 0. The van der Waals surface area contributed by atoms with E-state index in [1.807, 2.05) is 0 Å². The number of carbonyl (C=O) groups excluding carboxylic acids is 1. The number of carboxylic acid groups (broad SMARTS) is 1. The van der Waals surface area contributed by atoms with Crippen LogP contribution in [0.5, 0.6) is 0 Å². The summed E-state index contributed by atoms with van der Waals surface area (Å²) in [6, 6.07) is -0.257. The summed E-state index contributed by atoms with van der Waals surface area (Å²) in [5.74, 6) is -0.660. The Bertz CT molecular complexity index is 353. The Morgan fingerprint density at radius 2 is 1.75 bits per heavy atom. The maximum absolute atomic E-state index is 12.0. The van der Waals surface area contributed by atoms with E-state index in [4.69, 9.17) is 5.11 Å². The lowest BCUT2D eigenvalue weighted by Crippen LogP contribution is -2.49. The molecular formula is C15H26N2O3. The monoisotopic (exact) mass is 282 g/mol. The molecule has 2 aliphatic carbocycles. The molecule has 3 atom stereocenters. The predicted octanol–water partition coefficient (Wildman–Crippen LogP) is 2.51. The second-order valence-electron chi connectivity index (χ2n) is 6.29.